The highest BCUT2D eigenvalue weighted by molar-refractivity contribution is 5.63. The second-order valence-electron chi connectivity index (χ2n) is 7.44. The smallest absolute Gasteiger partial charge is 0.230 e. The SMILES string of the molecule is Cc1cc(N)ncc1-c1nc(N2CCOCC2)nc(N2C[C@@H](C)O[C@@H](C)C2)n1. The Morgan fingerprint density at radius 3 is 2.29 bits per heavy atom. The first-order valence-corrected chi connectivity index (χ1v) is 9.71. The van der Waals surface area contributed by atoms with E-state index < -0.39 is 0 Å². The summed E-state index contributed by atoms with van der Waals surface area (Å²) in [5.41, 5.74) is 7.67. The summed E-state index contributed by atoms with van der Waals surface area (Å²) in [6.07, 6.45) is 1.98. The van der Waals surface area contributed by atoms with E-state index in [0.29, 0.717) is 36.8 Å². The van der Waals surface area contributed by atoms with Crippen LogP contribution in [0, 0.1) is 6.92 Å². The minimum absolute atomic E-state index is 0.121. The summed E-state index contributed by atoms with van der Waals surface area (Å²) in [5, 5.41) is 0. The number of aryl methyl sites for hydroxylation is 1. The van der Waals surface area contributed by atoms with Crippen molar-refractivity contribution in [2.24, 2.45) is 0 Å². The monoisotopic (exact) mass is 385 g/mol. The van der Waals surface area contributed by atoms with E-state index in [4.69, 9.17) is 30.2 Å². The van der Waals surface area contributed by atoms with Crippen LogP contribution in [0.1, 0.15) is 19.4 Å². The van der Waals surface area contributed by atoms with Gasteiger partial charge in [0.25, 0.3) is 0 Å². The normalized spacial score (nSPS) is 23.1. The molecule has 9 heteroatoms. The first-order chi connectivity index (χ1) is 13.5. The maximum Gasteiger partial charge on any atom is 0.230 e. The van der Waals surface area contributed by atoms with E-state index in [2.05, 4.69) is 28.6 Å². The van der Waals surface area contributed by atoms with Crippen molar-refractivity contribution in [3.05, 3.63) is 17.8 Å². The minimum atomic E-state index is 0.121. The number of hydrogen-bond donors (Lipinski definition) is 1. The van der Waals surface area contributed by atoms with Gasteiger partial charge < -0.3 is 25.0 Å². The molecular formula is C19H27N7O2. The zero-order valence-corrected chi connectivity index (χ0v) is 16.6. The molecule has 2 aromatic heterocycles. The van der Waals surface area contributed by atoms with Gasteiger partial charge in [-0.25, -0.2) is 4.98 Å². The number of nitrogen functional groups attached to an aromatic ring is 1. The number of rotatable bonds is 3. The van der Waals surface area contributed by atoms with Crippen LogP contribution >= 0.6 is 0 Å². The van der Waals surface area contributed by atoms with E-state index in [1.807, 2.05) is 13.0 Å². The molecule has 2 saturated heterocycles. The van der Waals surface area contributed by atoms with Crippen LogP contribution in [-0.4, -0.2) is 71.5 Å². The highest BCUT2D eigenvalue weighted by atomic mass is 16.5. The molecular weight excluding hydrogens is 358 g/mol. The van der Waals surface area contributed by atoms with Crippen LogP contribution in [0.5, 0.6) is 0 Å². The largest absolute Gasteiger partial charge is 0.384 e. The number of anilines is 3. The van der Waals surface area contributed by atoms with Gasteiger partial charge in [-0.1, -0.05) is 0 Å². The molecule has 9 nitrogen and oxygen atoms in total. The third-order valence-corrected chi connectivity index (χ3v) is 4.98. The predicted octanol–water partition coefficient (Wildman–Crippen LogP) is 1.27. The summed E-state index contributed by atoms with van der Waals surface area (Å²) < 4.78 is 11.3. The third kappa shape index (κ3) is 4.00. The Morgan fingerprint density at radius 1 is 1.00 bits per heavy atom. The molecule has 0 aliphatic carbocycles. The molecule has 0 saturated carbocycles. The Kier molecular flexibility index (Phi) is 5.27. The molecule has 2 fully saturated rings. The number of hydrogen-bond acceptors (Lipinski definition) is 9. The zero-order valence-electron chi connectivity index (χ0n) is 16.6. The molecule has 2 atom stereocenters. The van der Waals surface area contributed by atoms with Crippen molar-refractivity contribution in [3.63, 3.8) is 0 Å². The summed E-state index contributed by atoms with van der Waals surface area (Å²) in [4.78, 5) is 22.9. The zero-order chi connectivity index (χ0) is 19.7. The van der Waals surface area contributed by atoms with Crippen molar-refractivity contribution >= 4 is 17.7 Å². The van der Waals surface area contributed by atoms with Crippen molar-refractivity contribution in [1.82, 2.24) is 19.9 Å². The molecule has 0 bridgehead atoms. The summed E-state index contributed by atoms with van der Waals surface area (Å²) in [7, 11) is 0. The summed E-state index contributed by atoms with van der Waals surface area (Å²) >= 11 is 0. The molecule has 0 unspecified atom stereocenters. The Morgan fingerprint density at radius 2 is 1.64 bits per heavy atom. The van der Waals surface area contributed by atoms with Crippen LogP contribution in [-0.2, 0) is 9.47 Å². The third-order valence-electron chi connectivity index (χ3n) is 4.98. The van der Waals surface area contributed by atoms with Gasteiger partial charge in [0.15, 0.2) is 5.82 Å². The van der Waals surface area contributed by atoms with Crippen LogP contribution < -0.4 is 15.5 Å². The van der Waals surface area contributed by atoms with Crippen molar-refractivity contribution < 1.29 is 9.47 Å². The van der Waals surface area contributed by atoms with E-state index in [1.165, 1.54) is 0 Å². The molecule has 2 aliphatic rings. The van der Waals surface area contributed by atoms with E-state index >= 15 is 0 Å². The minimum Gasteiger partial charge on any atom is -0.384 e. The van der Waals surface area contributed by atoms with Crippen LogP contribution in [0.3, 0.4) is 0 Å². The number of aromatic nitrogens is 4. The molecule has 2 N–H and O–H groups in total. The van der Waals surface area contributed by atoms with Crippen LogP contribution in [0.2, 0.25) is 0 Å². The van der Waals surface area contributed by atoms with E-state index in [0.717, 1.165) is 37.3 Å². The fraction of sp³-hybridized carbons (Fsp3) is 0.579. The van der Waals surface area contributed by atoms with Crippen LogP contribution in [0.4, 0.5) is 17.7 Å². The molecule has 150 valence electrons. The topological polar surface area (TPSA) is 103 Å². The molecule has 0 spiro atoms. The van der Waals surface area contributed by atoms with Crippen molar-refractivity contribution in [1.29, 1.82) is 0 Å². The molecule has 2 aliphatic heterocycles. The highest BCUT2D eigenvalue weighted by Gasteiger charge is 2.26. The van der Waals surface area contributed by atoms with Gasteiger partial charge in [-0.15, -0.1) is 0 Å². The van der Waals surface area contributed by atoms with Gasteiger partial charge >= 0.3 is 0 Å². The van der Waals surface area contributed by atoms with E-state index in [9.17, 15) is 0 Å². The van der Waals surface area contributed by atoms with Gasteiger partial charge in [-0.3, -0.25) is 0 Å². The fourth-order valence-corrected chi connectivity index (χ4v) is 3.67. The highest BCUT2D eigenvalue weighted by Crippen LogP contribution is 2.26. The van der Waals surface area contributed by atoms with Crippen molar-refractivity contribution in [2.45, 2.75) is 33.0 Å². The Balaban J connectivity index is 1.76. The standard InChI is InChI=1S/C19H27N7O2/c1-12-8-16(20)21-9-15(12)17-22-18(25-4-6-27-7-5-25)24-19(23-17)26-10-13(2)28-14(3)11-26/h8-9,13-14H,4-7,10-11H2,1-3H3,(H2,20,21)/t13-,14+. The molecule has 2 aromatic rings. The maximum absolute atomic E-state index is 5.87. The molecule has 0 amide bonds. The van der Waals surface area contributed by atoms with Gasteiger partial charge in [-0.2, -0.15) is 15.0 Å². The fourth-order valence-electron chi connectivity index (χ4n) is 3.67. The first kappa shape index (κ1) is 18.8. The van der Waals surface area contributed by atoms with Gasteiger partial charge in [0.2, 0.25) is 11.9 Å². The van der Waals surface area contributed by atoms with Crippen LogP contribution in [0.25, 0.3) is 11.4 Å². The second kappa shape index (κ2) is 7.84. The Labute approximate surface area is 164 Å². The lowest BCUT2D eigenvalue weighted by molar-refractivity contribution is -0.00572. The van der Waals surface area contributed by atoms with Crippen LogP contribution in [0.15, 0.2) is 12.3 Å². The van der Waals surface area contributed by atoms with Gasteiger partial charge in [0, 0.05) is 37.9 Å². The Hall–Kier alpha value is -2.52. The second-order valence-corrected chi connectivity index (χ2v) is 7.44. The lowest BCUT2D eigenvalue weighted by Gasteiger charge is -2.36. The lowest BCUT2D eigenvalue weighted by Crippen LogP contribution is -2.46. The average molecular weight is 385 g/mol. The number of nitrogens with two attached hydrogens (primary N) is 1. The van der Waals surface area contributed by atoms with E-state index in [1.54, 1.807) is 6.20 Å². The lowest BCUT2D eigenvalue weighted by atomic mass is 10.1. The van der Waals surface area contributed by atoms with Crippen molar-refractivity contribution in [3.8, 4) is 11.4 Å². The van der Waals surface area contributed by atoms with Gasteiger partial charge in [0.05, 0.1) is 25.4 Å². The van der Waals surface area contributed by atoms with Gasteiger partial charge in [-0.05, 0) is 32.4 Å². The predicted molar refractivity (Wildman–Crippen MR) is 107 cm³/mol. The molecule has 4 rings (SSSR count). The van der Waals surface area contributed by atoms with Gasteiger partial charge in [0.1, 0.15) is 5.82 Å². The quantitative estimate of drug-likeness (QED) is 0.837. The average Bonchev–Trinajstić information content (AvgIpc) is 2.67. The summed E-state index contributed by atoms with van der Waals surface area (Å²) in [6, 6.07) is 1.84. The molecule has 0 radical (unpaired) electrons. The van der Waals surface area contributed by atoms with E-state index in [-0.39, 0.29) is 12.2 Å². The molecule has 4 heterocycles. The summed E-state index contributed by atoms with van der Waals surface area (Å²) in [5.74, 6) is 2.44. The maximum atomic E-state index is 5.87. The first-order valence-electron chi connectivity index (χ1n) is 9.71. The molecule has 0 aromatic carbocycles. The summed E-state index contributed by atoms with van der Waals surface area (Å²) in [6.45, 7) is 10.5. The Bertz CT molecular complexity index is 831. The number of ether oxygens (including phenoxy) is 2. The molecule has 28 heavy (non-hydrogen) atoms. The number of pyridine rings is 1. The number of morpholine rings is 2. The number of nitrogens with zero attached hydrogens (tertiary/aromatic N) is 6. The van der Waals surface area contributed by atoms with Crippen molar-refractivity contribution in [2.75, 3.05) is 54.9 Å².